The first-order valence-electron chi connectivity index (χ1n) is 10.8. The van der Waals surface area contributed by atoms with E-state index in [2.05, 4.69) is 51.6 Å². The van der Waals surface area contributed by atoms with Gasteiger partial charge in [0.2, 0.25) is 5.91 Å². The van der Waals surface area contributed by atoms with Gasteiger partial charge in [-0.1, -0.05) is 29.5 Å². The highest BCUT2D eigenvalue weighted by Crippen LogP contribution is 2.27. The van der Waals surface area contributed by atoms with Crippen molar-refractivity contribution in [3.63, 3.8) is 0 Å². The summed E-state index contributed by atoms with van der Waals surface area (Å²) in [5.74, 6) is 0.749. The standard InChI is InChI=1S/C24H29N5OS/c1-17-7-11-22(12-8-17)29-19(3)26-27-24(29)31-18(2)23(30)25-20-9-13-21(14-10-20)28-15-5-4-6-16-28/h7-14,18H,4-6,15-16H2,1-3H3,(H,25,30). The van der Waals surface area contributed by atoms with Crippen molar-refractivity contribution in [3.05, 3.63) is 59.9 Å². The number of anilines is 2. The molecule has 0 spiro atoms. The fraction of sp³-hybridized carbons (Fsp3) is 0.375. The van der Waals surface area contributed by atoms with Crippen molar-refractivity contribution in [2.75, 3.05) is 23.3 Å². The normalized spacial score (nSPS) is 15.0. The lowest BCUT2D eigenvalue weighted by Gasteiger charge is -2.28. The van der Waals surface area contributed by atoms with Crippen LogP contribution in [0.25, 0.3) is 5.69 Å². The van der Waals surface area contributed by atoms with Crippen molar-refractivity contribution >= 4 is 29.0 Å². The maximum absolute atomic E-state index is 12.8. The highest BCUT2D eigenvalue weighted by molar-refractivity contribution is 8.00. The first-order chi connectivity index (χ1) is 15.0. The largest absolute Gasteiger partial charge is 0.372 e. The van der Waals surface area contributed by atoms with Crippen LogP contribution in [0.4, 0.5) is 11.4 Å². The zero-order valence-electron chi connectivity index (χ0n) is 18.3. The summed E-state index contributed by atoms with van der Waals surface area (Å²) >= 11 is 1.41. The lowest BCUT2D eigenvalue weighted by molar-refractivity contribution is -0.115. The van der Waals surface area contributed by atoms with Crippen molar-refractivity contribution in [2.24, 2.45) is 0 Å². The van der Waals surface area contributed by atoms with Crippen LogP contribution in [0, 0.1) is 13.8 Å². The van der Waals surface area contributed by atoms with E-state index >= 15 is 0 Å². The molecule has 4 rings (SSSR count). The van der Waals surface area contributed by atoms with Crippen LogP contribution >= 0.6 is 11.8 Å². The van der Waals surface area contributed by atoms with Gasteiger partial charge in [0.1, 0.15) is 5.82 Å². The van der Waals surface area contributed by atoms with Gasteiger partial charge in [-0.2, -0.15) is 0 Å². The van der Waals surface area contributed by atoms with Crippen molar-refractivity contribution in [2.45, 2.75) is 50.4 Å². The molecule has 0 aliphatic carbocycles. The predicted octanol–water partition coefficient (Wildman–Crippen LogP) is 4.99. The van der Waals surface area contributed by atoms with Crippen molar-refractivity contribution in [1.29, 1.82) is 0 Å². The quantitative estimate of drug-likeness (QED) is 0.553. The fourth-order valence-corrected chi connectivity index (χ4v) is 4.69. The van der Waals surface area contributed by atoms with E-state index in [4.69, 9.17) is 0 Å². The van der Waals surface area contributed by atoms with Crippen LogP contribution in [-0.4, -0.2) is 39.0 Å². The van der Waals surface area contributed by atoms with Gasteiger partial charge in [0.05, 0.1) is 5.25 Å². The Bertz CT molecular complexity index is 1020. The monoisotopic (exact) mass is 435 g/mol. The third-order valence-corrected chi connectivity index (χ3v) is 6.64. The Balaban J connectivity index is 1.41. The molecule has 0 radical (unpaired) electrons. The van der Waals surface area contributed by atoms with Gasteiger partial charge in [-0.3, -0.25) is 9.36 Å². The molecule has 0 saturated carbocycles. The molecule has 1 N–H and O–H groups in total. The summed E-state index contributed by atoms with van der Waals surface area (Å²) in [6, 6.07) is 16.4. The molecule has 1 unspecified atom stereocenters. The van der Waals surface area contributed by atoms with E-state index in [0.717, 1.165) is 30.3 Å². The van der Waals surface area contributed by atoms with Crippen LogP contribution in [0.3, 0.4) is 0 Å². The van der Waals surface area contributed by atoms with Gasteiger partial charge in [-0.25, -0.2) is 0 Å². The number of carbonyl (C=O) groups is 1. The predicted molar refractivity (Wildman–Crippen MR) is 127 cm³/mol. The second-order valence-electron chi connectivity index (χ2n) is 8.04. The number of hydrogen-bond acceptors (Lipinski definition) is 5. The molecule has 1 aliphatic heterocycles. The lowest BCUT2D eigenvalue weighted by atomic mass is 10.1. The minimum absolute atomic E-state index is 0.0492. The van der Waals surface area contributed by atoms with E-state index < -0.39 is 0 Å². The van der Waals surface area contributed by atoms with E-state index in [0.29, 0.717) is 5.16 Å². The van der Waals surface area contributed by atoms with Crippen LogP contribution in [0.1, 0.15) is 37.6 Å². The molecule has 1 fully saturated rings. The number of nitrogens with zero attached hydrogens (tertiary/aromatic N) is 4. The summed E-state index contributed by atoms with van der Waals surface area (Å²) < 4.78 is 1.99. The topological polar surface area (TPSA) is 63.1 Å². The molecular weight excluding hydrogens is 406 g/mol. The van der Waals surface area contributed by atoms with E-state index in [1.165, 1.54) is 42.3 Å². The number of aromatic nitrogens is 3. The Morgan fingerprint density at radius 1 is 0.935 bits per heavy atom. The SMILES string of the molecule is Cc1ccc(-n2c(C)nnc2SC(C)C(=O)Nc2ccc(N3CCCCC3)cc2)cc1. The molecule has 7 heteroatoms. The summed E-state index contributed by atoms with van der Waals surface area (Å²) in [4.78, 5) is 15.2. The van der Waals surface area contributed by atoms with Crippen LogP contribution in [0.2, 0.25) is 0 Å². The summed E-state index contributed by atoms with van der Waals surface area (Å²) in [5.41, 5.74) is 4.23. The number of piperidine rings is 1. The highest BCUT2D eigenvalue weighted by atomic mass is 32.2. The summed E-state index contributed by atoms with van der Waals surface area (Å²) in [7, 11) is 0. The lowest BCUT2D eigenvalue weighted by Crippen LogP contribution is -2.29. The molecule has 1 atom stereocenters. The first-order valence-corrected chi connectivity index (χ1v) is 11.7. The van der Waals surface area contributed by atoms with E-state index in [9.17, 15) is 4.79 Å². The number of hydrogen-bond donors (Lipinski definition) is 1. The fourth-order valence-electron chi connectivity index (χ4n) is 3.77. The van der Waals surface area contributed by atoms with Gasteiger partial charge in [0.15, 0.2) is 5.16 Å². The number of carbonyl (C=O) groups excluding carboxylic acids is 1. The third-order valence-electron chi connectivity index (χ3n) is 5.59. The number of nitrogens with one attached hydrogen (secondary N) is 1. The Morgan fingerprint density at radius 2 is 1.58 bits per heavy atom. The second kappa shape index (κ2) is 9.56. The van der Waals surface area contributed by atoms with Gasteiger partial charge in [0.25, 0.3) is 0 Å². The molecule has 1 saturated heterocycles. The highest BCUT2D eigenvalue weighted by Gasteiger charge is 2.20. The van der Waals surface area contributed by atoms with Crippen LogP contribution in [-0.2, 0) is 4.79 Å². The number of rotatable bonds is 6. The van der Waals surface area contributed by atoms with Crippen molar-refractivity contribution < 1.29 is 4.79 Å². The molecule has 0 bridgehead atoms. The molecule has 162 valence electrons. The Kier molecular flexibility index (Phi) is 6.61. The van der Waals surface area contributed by atoms with Gasteiger partial charge in [-0.05, 0) is 76.4 Å². The van der Waals surface area contributed by atoms with Crippen LogP contribution in [0.5, 0.6) is 0 Å². The second-order valence-corrected chi connectivity index (χ2v) is 9.35. The van der Waals surface area contributed by atoms with Crippen LogP contribution in [0.15, 0.2) is 53.7 Å². The van der Waals surface area contributed by atoms with Crippen molar-refractivity contribution in [1.82, 2.24) is 14.8 Å². The maximum atomic E-state index is 12.8. The minimum atomic E-state index is -0.311. The molecule has 2 heterocycles. The summed E-state index contributed by atoms with van der Waals surface area (Å²) in [6.45, 7) is 8.10. The van der Waals surface area contributed by atoms with Gasteiger partial charge < -0.3 is 10.2 Å². The number of thioether (sulfide) groups is 1. The molecule has 2 aromatic carbocycles. The zero-order valence-corrected chi connectivity index (χ0v) is 19.2. The average molecular weight is 436 g/mol. The molecule has 6 nitrogen and oxygen atoms in total. The van der Waals surface area contributed by atoms with E-state index in [-0.39, 0.29) is 11.2 Å². The van der Waals surface area contributed by atoms with Crippen LogP contribution < -0.4 is 10.2 Å². The van der Waals surface area contributed by atoms with E-state index in [1.54, 1.807) is 0 Å². The number of amides is 1. The zero-order chi connectivity index (χ0) is 21.8. The molecular formula is C24H29N5OS. The smallest absolute Gasteiger partial charge is 0.237 e. The first kappa shape index (κ1) is 21.4. The summed E-state index contributed by atoms with van der Waals surface area (Å²) in [5, 5.41) is 12.0. The molecule has 31 heavy (non-hydrogen) atoms. The molecule has 1 aliphatic rings. The number of benzene rings is 2. The Morgan fingerprint density at radius 3 is 2.26 bits per heavy atom. The number of aryl methyl sites for hydroxylation is 2. The van der Waals surface area contributed by atoms with Gasteiger partial charge in [0, 0.05) is 30.2 Å². The van der Waals surface area contributed by atoms with Gasteiger partial charge in [-0.15, -0.1) is 10.2 Å². The average Bonchev–Trinajstić information content (AvgIpc) is 3.15. The maximum Gasteiger partial charge on any atom is 0.237 e. The molecule has 3 aromatic rings. The molecule has 1 amide bonds. The third kappa shape index (κ3) is 5.10. The summed E-state index contributed by atoms with van der Waals surface area (Å²) in [6.07, 6.45) is 3.82. The minimum Gasteiger partial charge on any atom is -0.372 e. The molecule has 1 aromatic heterocycles. The van der Waals surface area contributed by atoms with Crippen molar-refractivity contribution in [3.8, 4) is 5.69 Å². The Hall–Kier alpha value is -2.80. The Labute approximate surface area is 188 Å². The van der Waals surface area contributed by atoms with Gasteiger partial charge >= 0.3 is 0 Å². The van der Waals surface area contributed by atoms with E-state index in [1.807, 2.05) is 42.7 Å².